The van der Waals surface area contributed by atoms with Gasteiger partial charge in [0, 0.05) is 13.1 Å². The fourth-order valence-electron chi connectivity index (χ4n) is 2.98. The number of halogens is 2. The van der Waals surface area contributed by atoms with E-state index in [9.17, 15) is 13.6 Å². The summed E-state index contributed by atoms with van der Waals surface area (Å²) in [6, 6.07) is 18.7. The van der Waals surface area contributed by atoms with Gasteiger partial charge in [-0.3, -0.25) is 4.79 Å². The molecular formula is C20H19F2NO. The molecule has 0 aliphatic carbocycles. The molecule has 2 aromatic carbocycles. The van der Waals surface area contributed by atoms with Crippen LogP contribution in [0.3, 0.4) is 0 Å². The van der Waals surface area contributed by atoms with Crippen LogP contribution in [0.5, 0.6) is 0 Å². The second-order valence-corrected chi connectivity index (χ2v) is 6.03. The quantitative estimate of drug-likeness (QED) is 0.812. The molecule has 0 N–H and O–H groups in total. The molecule has 124 valence electrons. The summed E-state index contributed by atoms with van der Waals surface area (Å²) in [5.41, 5.74) is 1.81. The van der Waals surface area contributed by atoms with Crippen molar-refractivity contribution in [1.29, 1.82) is 0 Å². The lowest BCUT2D eigenvalue weighted by Crippen LogP contribution is -2.35. The highest BCUT2D eigenvalue weighted by molar-refractivity contribution is 5.86. The minimum absolute atomic E-state index is 0.0832. The highest BCUT2D eigenvalue weighted by atomic mass is 19.3. The lowest BCUT2D eigenvalue weighted by molar-refractivity contribution is -0.150. The predicted octanol–water partition coefficient (Wildman–Crippen LogP) is 4.04. The fourth-order valence-corrected chi connectivity index (χ4v) is 2.98. The first-order valence-corrected chi connectivity index (χ1v) is 8.00. The maximum atomic E-state index is 14.3. The molecule has 0 aromatic heterocycles. The molecule has 24 heavy (non-hydrogen) atoms. The monoisotopic (exact) mass is 327 g/mol. The Morgan fingerprint density at radius 1 is 1.04 bits per heavy atom. The molecule has 4 heteroatoms. The van der Waals surface area contributed by atoms with E-state index >= 15 is 0 Å². The summed E-state index contributed by atoms with van der Waals surface area (Å²) >= 11 is 0. The zero-order chi connectivity index (χ0) is 17.0. The maximum absolute atomic E-state index is 14.3. The van der Waals surface area contributed by atoms with E-state index in [4.69, 9.17) is 0 Å². The number of amides is 1. The SMILES string of the molecule is O=C1N(C/C=C/c2ccccc2)CC(Cc2ccccc2)C1(F)F. The van der Waals surface area contributed by atoms with Gasteiger partial charge in [-0.05, 0) is 17.5 Å². The normalized spacial score (nSPS) is 20.0. The standard InChI is InChI=1S/C20H19F2NO/c21-20(22)18(14-17-10-5-2-6-11-17)15-23(19(20)24)13-7-12-16-8-3-1-4-9-16/h1-12,18H,13-15H2/b12-7+. The van der Waals surface area contributed by atoms with E-state index < -0.39 is 17.7 Å². The van der Waals surface area contributed by atoms with Crippen molar-refractivity contribution in [3.8, 4) is 0 Å². The van der Waals surface area contributed by atoms with Crippen LogP contribution in [-0.4, -0.2) is 29.8 Å². The summed E-state index contributed by atoms with van der Waals surface area (Å²) in [5, 5.41) is 0. The minimum Gasteiger partial charge on any atom is -0.333 e. The van der Waals surface area contributed by atoms with Crippen LogP contribution in [0.1, 0.15) is 11.1 Å². The Bertz CT molecular complexity index is 713. The number of alkyl halides is 2. The number of likely N-dealkylation sites (tertiary alicyclic amines) is 1. The van der Waals surface area contributed by atoms with Crippen molar-refractivity contribution in [2.45, 2.75) is 12.3 Å². The topological polar surface area (TPSA) is 20.3 Å². The van der Waals surface area contributed by atoms with Crippen molar-refractivity contribution in [1.82, 2.24) is 4.90 Å². The second-order valence-electron chi connectivity index (χ2n) is 6.03. The summed E-state index contributed by atoms with van der Waals surface area (Å²) in [6.45, 7) is 0.286. The van der Waals surface area contributed by atoms with Gasteiger partial charge in [0.05, 0.1) is 5.92 Å². The Kier molecular flexibility index (Phi) is 4.74. The highest BCUT2D eigenvalue weighted by Gasteiger charge is 2.55. The van der Waals surface area contributed by atoms with Gasteiger partial charge in [0.1, 0.15) is 0 Å². The van der Waals surface area contributed by atoms with Crippen molar-refractivity contribution in [3.05, 3.63) is 77.9 Å². The Hall–Kier alpha value is -2.49. The zero-order valence-electron chi connectivity index (χ0n) is 13.2. The molecule has 1 fully saturated rings. The van der Waals surface area contributed by atoms with Crippen LogP contribution in [0, 0.1) is 5.92 Å². The smallest absolute Gasteiger partial charge is 0.329 e. The van der Waals surface area contributed by atoms with Crippen LogP contribution in [-0.2, 0) is 11.2 Å². The van der Waals surface area contributed by atoms with Gasteiger partial charge in [-0.1, -0.05) is 72.8 Å². The van der Waals surface area contributed by atoms with Crippen molar-refractivity contribution >= 4 is 12.0 Å². The predicted molar refractivity (Wildman–Crippen MR) is 90.6 cm³/mol. The number of hydrogen-bond donors (Lipinski definition) is 0. The molecular weight excluding hydrogens is 308 g/mol. The summed E-state index contributed by atoms with van der Waals surface area (Å²) in [7, 11) is 0. The number of hydrogen-bond acceptors (Lipinski definition) is 1. The van der Waals surface area contributed by atoms with Crippen molar-refractivity contribution in [2.24, 2.45) is 5.92 Å². The van der Waals surface area contributed by atoms with Crippen LogP contribution in [0.2, 0.25) is 0 Å². The average molecular weight is 327 g/mol. The number of nitrogens with zero attached hydrogens (tertiary/aromatic N) is 1. The van der Waals surface area contributed by atoms with Crippen LogP contribution in [0.4, 0.5) is 8.78 Å². The molecule has 3 rings (SSSR count). The molecule has 1 unspecified atom stereocenters. The molecule has 0 bridgehead atoms. The van der Waals surface area contributed by atoms with Gasteiger partial charge in [0.2, 0.25) is 0 Å². The van der Waals surface area contributed by atoms with Crippen LogP contribution in [0.25, 0.3) is 6.08 Å². The van der Waals surface area contributed by atoms with E-state index in [2.05, 4.69) is 0 Å². The Morgan fingerprint density at radius 2 is 1.67 bits per heavy atom. The molecule has 0 radical (unpaired) electrons. The van der Waals surface area contributed by atoms with E-state index in [0.717, 1.165) is 11.1 Å². The third kappa shape index (κ3) is 3.53. The zero-order valence-corrected chi connectivity index (χ0v) is 13.2. The highest BCUT2D eigenvalue weighted by Crippen LogP contribution is 2.36. The molecule has 0 spiro atoms. The number of benzene rings is 2. The van der Waals surface area contributed by atoms with Gasteiger partial charge in [0.15, 0.2) is 0 Å². The minimum atomic E-state index is -3.30. The molecule has 1 aliphatic heterocycles. The lowest BCUT2D eigenvalue weighted by Gasteiger charge is -2.15. The van der Waals surface area contributed by atoms with E-state index in [-0.39, 0.29) is 19.5 Å². The van der Waals surface area contributed by atoms with Gasteiger partial charge >= 0.3 is 5.92 Å². The molecule has 1 atom stereocenters. The molecule has 1 aliphatic rings. The number of rotatable bonds is 5. The molecule has 1 saturated heterocycles. The first-order valence-electron chi connectivity index (χ1n) is 8.00. The van der Waals surface area contributed by atoms with Crippen molar-refractivity contribution in [2.75, 3.05) is 13.1 Å². The molecule has 0 saturated carbocycles. The molecule has 2 aromatic rings. The van der Waals surface area contributed by atoms with Crippen LogP contribution >= 0.6 is 0 Å². The van der Waals surface area contributed by atoms with Crippen molar-refractivity contribution in [3.63, 3.8) is 0 Å². The molecule has 2 nitrogen and oxygen atoms in total. The van der Waals surface area contributed by atoms with Gasteiger partial charge in [-0.25, -0.2) is 0 Å². The third-order valence-corrected chi connectivity index (χ3v) is 4.29. The summed E-state index contributed by atoms with van der Waals surface area (Å²) in [6.07, 6.45) is 3.81. The number of carbonyl (C=O) groups is 1. The fraction of sp³-hybridized carbons (Fsp3) is 0.250. The lowest BCUT2D eigenvalue weighted by atomic mass is 9.96. The van der Waals surface area contributed by atoms with Crippen LogP contribution < -0.4 is 0 Å². The average Bonchev–Trinajstić information content (AvgIpc) is 2.80. The largest absolute Gasteiger partial charge is 0.333 e. The molecule has 1 heterocycles. The third-order valence-electron chi connectivity index (χ3n) is 4.29. The maximum Gasteiger partial charge on any atom is 0.329 e. The second kappa shape index (κ2) is 6.95. The first kappa shape index (κ1) is 16.4. The summed E-state index contributed by atoms with van der Waals surface area (Å²) in [4.78, 5) is 13.3. The summed E-state index contributed by atoms with van der Waals surface area (Å²) in [5.74, 6) is -5.34. The first-order chi connectivity index (χ1) is 11.6. The van der Waals surface area contributed by atoms with E-state index in [1.807, 2.05) is 66.7 Å². The summed E-state index contributed by atoms with van der Waals surface area (Å²) < 4.78 is 28.5. The van der Waals surface area contributed by atoms with Crippen molar-refractivity contribution < 1.29 is 13.6 Å². The number of carbonyl (C=O) groups excluding carboxylic acids is 1. The van der Waals surface area contributed by atoms with Gasteiger partial charge in [-0.2, -0.15) is 8.78 Å². The van der Waals surface area contributed by atoms with E-state index in [1.165, 1.54) is 4.90 Å². The Labute approximate surface area is 140 Å². The van der Waals surface area contributed by atoms with Crippen LogP contribution in [0.15, 0.2) is 66.7 Å². The van der Waals surface area contributed by atoms with E-state index in [1.54, 1.807) is 6.08 Å². The van der Waals surface area contributed by atoms with Gasteiger partial charge < -0.3 is 4.90 Å². The Balaban J connectivity index is 1.65. The molecule has 1 amide bonds. The van der Waals surface area contributed by atoms with Gasteiger partial charge in [-0.15, -0.1) is 0 Å². The van der Waals surface area contributed by atoms with Gasteiger partial charge in [0.25, 0.3) is 5.91 Å². The van der Waals surface area contributed by atoms with E-state index in [0.29, 0.717) is 0 Å². The Morgan fingerprint density at radius 3 is 2.33 bits per heavy atom.